The third-order valence-electron chi connectivity index (χ3n) is 6.81. The molecule has 0 radical (unpaired) electrons. The normalized spacial score (nSPS) is 42.3. The summed E-state index contributed by atoms with van der Waals surface area (Å²) in [4.78, 5) is 17.0. The minimum absolute atomic E-state index is 0.235. The number of allylic oxidation sites excluding steroid dienone is 4. The minimum Gasteiger partial charge on any atom is -0.301 e. The zero-order valence-corrected chi connectivity index (χ0v) is 12.9. The predicted octanol–water partition coefficient (Wildman–Crippen LogP) is 3.45. The van der Waals surface area contributed by atoms with Gasteiger partial charge in [0, 0.05) is 6.42 Å². The smallest absolute Gasteiger partial charge is 0.156 e. The van der Waals surface area contributed by atoms with E-state index < -0.39 is 0 Å². The summed E-state index contributed by atoms with van der Waals surface area (Å²) in [5.74, 6) is 7.32. The predicted molar refractivity (Wildman–Crippen MR) is 81.2 cm³/mol. The van der Waals surface area contributed by atoms with Crippen molar-refractivity contribution < 1.29 is 9.63 Å². The Labute approximate surface area is 126 Å². The van der Waals surface area contributed by atoms with Crippen molar-refractivity contribution >= 4 is 5.78 Å². The second kappa shape index (κ2) is 4.79. The van der Waals surface area contributed by atoms with Gasteiger partial charge in [-0.05, 0) is 79.4 Å². The lowest BCUT2D eigenvalue weighted by atomic mass is 9.57. The zero-order valence-electron chi connectivity index (χ0n) is 12.9. The number of nitrogens with two attached hydrogens (primary N) is 1. The van der Waals surface area contributed by atoms with Crippen molar-refractivity contribution in [2.45, 2.75) is 64.4 Å². The zero-order chi connectivity index (χ0) is 14.6. The van der Waals surface area contributed by atoms with Crippen LogP contribution >= 0.6 is 0 Å². The highest BCUT2D eigenvalue weighted by Crippen LogP contribution is 2.60. The maximum absolute atomic E-state index is 11.7. The van der Waals surface area contributed by atoms with E-state index in [9.17, 15) is 4.79 Å². The Morgan fingerprint density at radius 2 is 2.05 bits per heavy atom. The molecule has 4 aliphatic rings. The van der Waals surface area contributed by atoms with Crippen LogP contribution in [-0.2, 0) is 9.63 Å². The molecule has 2 fully saturated rings. The Hall–Kier alpha value is -0.930. The summed E-state index contributed by atoms with van der Waals surface area (Å²) in [6.45, 7) is 2.39. The molecule has 0 bridgehead atoms. The summed E-state index contributed by atoms with van der Waals surface area (Å²) >= 11 is 0. The highest BCUT2D eigenvalue weighted by Gasteiger charge is 2.54. The van der Waals surface area contributed by atoms with Gasteiger partial charge in [-0.25, -0.2) is 5.90 Å². The largest absolute Gasteiger partial charge is 0.301 e. The first-order chi connectivity index (χ1) is 10.1. The van der Waals surface area contributed by atoms with Gasteiger partial charge in [0.25, 0.3) is 0 Å². The summed E-state index contributed by atoms with van der Waals surface area (Å²) in [7, 11) is 0. The molecule has 2 N–H and O–H groups in total. The highest BCUT2D eigenvalue weighted by atomic mass is 16.6. The number of carbonyl (C=O) groups excluding carboxylic acids is 1. The molecule has 3 nitrogen and oxygen atoms in total. The molecule has 114 valence electrons. The van der Waals surface area contributed by atoms with E-state index in [4.69, 9.17) is 10.7 Å². The van der Waals surface area contributed by atoms with Crippen molar-refractivity contribution in [2.24, 2.45) is 23.1 Å². The summed E-state index contributed by atoms with van der Waals surface area (Å²) in [5.41, 5.74) is 4.84. The number of carbonyl (C=O) groups is 1. The first-order valence-electron chi connectivity index (χ1n) is 8.44. The van der Waals surface area contributed by atoms with E-state index in [2.05, 4.69) is 6.92 Å². The van der Waals surface area contributed by atoms with Gasteiger partial charge in [0.05, 0.1) is 6.10 Å². The Morgan fingerprint density at radius 3 is 2.86 bits per heavy atom. The van der Waals surface area contributed by atoms with Gasteiger partial charge in [-0.1, -0.05) is 12.5 Å². The van der Waals surface area contributed by atoms with E-state index in [-0.39, 0.29) is 11.5 Å². The molecule has 4 rings (SSSR count). The lowest BCUT2D eigenvalue weighted by molar-refractivity contribution is -0.114. The highest BCUT2D eigenvalue weighted by molar-refractivity contribution is 5.93. The van der Waals surface area contributed by atoms with Crippen LogP contribution in [0.5, 0.6) is 0 Å². The Morgan fingerprint density at radius 1 is 1.19 bits per heavy atom. The summed E-state index contributed by atoms with van der Waals surface area (Å²) < 4.78 is 0. The molecular weight excluding hydrogens is 262 g/mol. The van der Waals surface area contributed by atoms with Crippen LogP contribution in [0.4, 0.5) is 0 Å². The van der Waals surface area contributed by atoms with Gasteiger partial charge >= 0.3 is 0 Å². The van der Waals surface area contributed by atoms with Gasteiger partial charge in [0.1, 0.15) is 0 Å². The number of fused-ring (bicyclic) bond motifs is 4. The third-order valence-corrected chi connectivity index (χ3v) is 6.81. The first kappa shape index (κ1) is 13.7. The molecule has 0 aliphatic heterocycles. The molecule has 0 heterocycles. The number of ketones is 1. The van der Waals surface area contributed by atoms with Gasteiger partial charge in [-0.2, -0.15) is 0 Å². The summed E-state index contributed by atoms with van der Waals surface area (Å²) in [5, 5.41) is 0. The Kier molecular flexibility index (Phi) is 3.13. The van der Waals surface area contributed by atoms with Crippen molar-refractivity contribution in [1.29, 1.82) is 0 Å². The first-order valence-corrected chi connectivity index (χ1v) is 8.44. The third kappa shape index (κ3) is 1.90. The number of hydrogen-bond donors (Lipinski definition) is 1. The van der Waals surface area contributed by atoms with E-state index in [1.54, 1.807) is 11.1 Å². The van der Waals surface area contributed by atoms with Crippen molar-refractivity contribution in [1.82, 2.24) is 0 Å². The fourth-order valence-electron chi connectivity index (χ4n) is 5.71. The van der Waals surface area contributed by atoms with Gasteiger partial charge in [0.2, 0.25) is 0 Å². The van der Waals surface area contributed by atoms with Crippen LogP contribution in [0.25, 0.3) is 0 Å². The van der Waals surface area contributed by atoms with Crippen molar-refractivity contribution in [3.8, 4) is 0 Å². The van der Waals surface area contributed by atoms with Crippen LogP contribution < -0.4 is 5.90 Å². The van der Waals surface area contributed by atoms with E-state index >= 15 is 0 Å². The van der Waals surface area contributed by atoms with E-state index in [0.29, 0.717) is 18.1 Å². The molecule has 21 heavy (non-hydrogen) atoms. The fraction of sp³-hybridized carbons (Fsp3) is 0.722. The van der Waals surface area contributed by atoms with Crippen LogP contribution in [0.15, 0.2) is 22.8 Å². The maximum atomic E-state index is 11.7. The molecule has 0 aromatic rings. The van der Waals surface area contributed by atoms with Gasteiger partial charge in [0.15, 0.2) is 5.78 Å². The van der Waals surface area contributed by atoms with Crippen LogP contribution in [-0.4, -0.2) is 11.9 Å². The van der Waals surface area contributed by atoms with Crippen molar-refractivity contribution in [3.63, 3.8) is 0 Å². The second-order valence-electron chi connectivity index (χ2n) is 7.60. The minimum atomic E-state index is 0.235. The SMILES string of the molecule is C[C@]12CCC3=C4CCC(=O)C=C4CC[C@H]3[C@@H]1CC[C@@H]2ON. The molecule has 4 atom stereocenters. The molecular formula is C18H25NO2. The molecule has 0 spiro atoms. The molecule has 0 amide bonds. The molecule has 3 heteroatoms. The standard InChI is InChI=1S/C18H25NO2/c1-18-9-8-14-13-5-3-12(20)10-11(13)2-4-15(14)16(18)6-7-17(18)21-19/h10,15-17H,2-9,19H2,1H3/t15-,16+,17+,18+/m1/s1. The van der Waals surface area contributed by atoms with Gasteiger partial charge < -0.3 is 4.84 Å². The van der Waals surface area contributed by atoms with Crippen LogP contribution in [0, 0.1) is 17.3 Å². The lowest BCUT2D eigenvalue weighted by Gasteiger charge is -2.48. The molecule has 0 aromatic carbocycles. The van der Waals surface area contributed by atoms with E-state index in [0.717, 1.165) is 25.2 Å². The monoisotopic (exact) mass is 287 g/mol. The average Bonchev–Trinajstić information content (AvgIpc) is 2.83. The van der Waals surface area contributed by atoms with E-state index in [1.807, 2.05) is 6.08 Å². The van der Waals surface area contributed by atoms with Crippen molar-refractivity contribution in [2.75, 3.05) is 0 Å². The Balaban J connectivity index is 1.71. The van der Waals surface area contributed by atoms with Crippen LogP contribution in [0.2, 0.25) is 0 Å². The topological polar surface area (TPSA) is 52.3 Å². The molecule has 4 aliphatic carbocycles. The molecule has 0 saturated heterocycles. The van der Waals surface area contributed by atoms with Crippen LogP contribution in [0.3, 0.4) is 0 Å². The fourth-order valence-corrected chi connectivity index (χ4v) is 5.71. The van der Waals surface area contributed by atoms with Crippen LogP contribution in [0.1, 0.15) is 58.3 Å². The number of rotatable bonds is 1. The number of hydrogen-bond acceptors (Lipinski definition) is 3. The van der Waals surface area contributed by atoms with E-state index in [1.165, 1.54) is 31.3 Å². The summed E-state index contributed by atoms with van der Waals surface area (Å²) in [6.07, 6.45) is 10.9. The second-order valence-corrected chi connectivity index (χ2v) is 7.60. The van der Waals surface area contributed by atoms with Crippen molar-refractivity contribution in [3.05, 3.63) is 22.8 Å². The van der Waals surface area contributed by atoms with Gasteiger partial charge in [-0.15, -0.1) is 0 Å². The molecule has 0 unspecified atom stereocenters. The molecule has 2 saturated carbocycles. The summed E-state index contributed by atoms with van der Waals surface area (Å²) in [6, 6.07) is 0. The average molecular weight is 287 g/mol. The quantitative estimate of drug-likeness (QED) is 0.751. The lowest BCUT2D eigenvalue weighted by Crippen LogP contribution is -2.43. The molecule has 0 aromatic heterocycles. The maximum Gasteiger partial charge on any atom is 0.156 e. The Bertz CT molecular complexity index is 547. The van der Waals surface area contributed by atoms with Gasteiger partial charge in [-0.3, -0.25) is 4.79 Å².